The molecule has 2 aromatic heterocycles. The smallest absolute Gasteiger partial charge is 0.272 e. The van der Waals surface area contributed by atoms with E-state index >= 15 is 0 Å². The van der Waals surface area contributed by atoms with Crippen molar-refractivity contribution in [2.45, 2.75) is 13.0 Å². The quantitative estimate of drug-likeness (QED) is 0.895. The first kappa shape index (κ1) is 14.0. The Morgan fingerprint density at radius 1 is 1.48 bits per heavy atom. The summed E-state index contributed by atoms with van der Waals surface area (Å²) in [6.07, 6.45) is 1.48. The number of amides is 1. The molecule has 110 valence electrons. The predicted molar refractivity (Wildman–Crippen MR) is 80.8 cm³/mol. The first-order chi connectivity index (χ1) is 9.93. The molecular weight excluding hydrogens is 310 g/mol. The summed E-state index contributed by atoms with van der Waals surface area (Å²) in [5.74, 6) is -0.488. The van der Waals surface area contributed by atoms with Crippen molar-refractivity contribution in [1.29, 1.82) is 0 Å². The molecule has 0 aromatic carbocycles. The van der Waals surface area contributed by atoms with Crippen LogP contribution in [0.15, 0.2) is 29.7 Å². The number of aromatic amines is 1. The average molecular weight is 323 g/mol. The van der Waals surface area contributed by atoms with Crippen molar-refractivity contribution in [1.82, 2.24) is 15.5 Å². The molecule has 0 aliphatic carbocycles. The van der Waals surface area contributed by atoms with Gasteiger partial charge in [0.25, 0.3) is 5.91 Å². The van der Waals surface area contributed by atoms with Crippen LogP contribution in [0.2, 0.25) is 0 Å². The molecule has 2 aromatic rings. The second kappa shape index (κ2) is 5.12. The minimum absolute atomic E-state index is 0.0971. The third kappa shape index (κ3) is 3.06. The Hall–Kier alpha value is -1.93. The highest BCUT2D eigenvalue weighted by molar-refractivity contribution is 7.94. The first-order valence-corrected chi connectivity index (χ1v) is 8.80. The summed E-state index contributed by atoms with van der Waals surface area (Å²) in [6, 6.07) is 5.12. The summed E-state index contributed by atoms with van der Waals surface area (Å²) in [6.45, 7) is 2.00. The third-order valence-corrected chi connectivity index (χ3v) is 5.49. The lowest BCUT2D eigenvalue weighted by Crippen LogP contribution is -2.35. The zero-order valence-corrected chi connectivity index (χ0v) is 12.8. The molecular formula is C13H13N3O3S2. The standard InChI is InChI=1S/C13H13N3O3S2/c1-8-2-3-12(20-8)10-6-11(16-15-10)13(17)14-9-4-5-21(18,19)7-9/h2-6,9H,7H2,1H3,(H,14,17)(H,15,16). The molecule has 21 heavy (non-hydrogen) atoms. The van der Waals surface area contributed by atoms with Crippen LogP contribution < -0.4 is 5.32 Å². The van der Waals surface area contributed by atoms with E-state index in [9.17, 15) is 13.2 Å². The van der Waals surface area contributed by atoms with Crippen LogP contribution in [0, 0.1) is 6.92 Å². The topological polar surface area (TPSA) is 91.9 Å². The maximum Gasteiger partial charge on any atom is 0.272 e. The molecule has 1 aliphatic heterocycles. The van der Waals surface area contributed by atoms with E-state index in [0.29, 0.717) is 0 Å². The normalized spacial score (nSPS) is 19.8. The Bertz CT molecular complexity index is 817. The Morgan fingerprint density at radius 2 is 2.29 bits per heavy atom. The molecule has 6 nitrogen and oxygen atoms in total. The number of hydrogen-bond donors (Lipinski definition) is 2. The number of sulfone groups is 1. The molecule has 0 radical (unpaired) electrons. The summed E-state index contributed by atoms with van der Waals surface area (Å²) in [4.78, 5) is 14.2. The minimum atomic E-state index is -3.18. The number of rotatable bonds is 3. The van der Waals surface area contributed by atoms with Crippen molar-refractivity contribution in [2.75, 3.05) is 5.75 Å². The third-order valence-electron chi connectivity index (χ3n) is 3.06. The summed E-state index contributed by atoms with van der Waals surface area (Å²) in [5, 5.41) is 10.6. The van der Waals surface area contributed by atoms with Gasteiger partial charge in [-0.1, -0.05) is 0 Å². The molecule has 3 heterocycles. The molecule has 3 rings (SSSR count). The fourth-order valence-corrected chi connectivity index (χ4v) is 4.12. The highest BCUT2D eigenvalue weighted by atomic mass is 32.2. The van der Waals surface area contributed by atoms with Crippen LogP contribution >= 0.6 is 11.3 Å². The molecule has 0 spiro atoms. The number of carbonyl (C=O) groups is 1. The van der Waals surface area contributed by atoms with E-state index in [2.05, 4.69) is 15.5 Å². The maximum atomic E-state index is 12.0. The second-order valence-electron chi connectivity index (χ2n) is 4.82. The van der Waals surface area contributed by atoms with Gasteiger partial charge in [0.15, 0.2) is 15.5 Å². The van der Waals surface area contributed by atoms with Gasteiger partial charge in [-0.2, -0.15) is 5.10 Å². The van der Waals surface area contributed by atoms with E-state index in [1.807, 2.05) is 19.1 Å². The van der Waals surface area contributed by atoms with Crippen molar-refractivity contribution < 1.29 is 13.2 Å². The van der Waals surface area contributed by atoms with E-state index in [1.54, 1.807) is 17.4 Å². The second-order valence-corrected chi connectivity index (χ2v) is 8.03. The molecule has 0 bridgehead atoms. The van der Waals surface area contributed by atoms with Gasteiger partial charge in [0, 0.05) is 10.3 Å². The van der Waals surface area contributed by atoms with Gasteiger partial charge in [0.2, 0.25) is 0 Å². The van der Waals surface area contributed by atoms with Crippen molar-refractivity contribution >= 4 is 27.1 Å². The van der Waals surface area contributed by atoms with Crippen LogP contribution in [0.1, 0.15) is 15.4 Å². The fourth-order valence-electron chi connectivity index (χ4n) is 2.05. The summed E-state index contributed by atoms with van der Waals surface area (Å²) < 4.78 is 22.6. The summed E-state index contributed by atoms with van der Waals surface area (Å²) in [7, 11) is -3.18. The molecule has 1 atom stereocenters. The van der Waals surface area contributed by atoms with Crippen molar-refractivity contribution in [3.63, 3.8) is 0 Å². The van der Waals surface area contributed by atoms with Crippen LogP contribution in [0.3, 0.4) is 0 Å². The molecule has 8 heteroatoms. The van der Waals surface area contributed by atoms with Gasteiger partial charge in [0.05, 0.1) is 22.4 Å². The van der Waals surface area contributed by atoms with Gasteiger partial charge in [-0.15, -0.1) is 11.3 Å². The number of carbonyl (C=O) groups excluding carboxylic acids is 1. The first-order valence-electron chi connectivity index (χ1n) is 6.27. The van der Waals surface area contributed by atoms with Gasteiger partial charge < -0.3 is 5.32 Å². The highest BCUT2D eigenvalue weighted by Gasteiger charge is 2.24. The molecule has 0 saturated carbocycles. The fraction of sp³-hybridized carbons (Fsp3) is 0.231. The van der Waals surface area contributed by atoms with Gasteiger partial charge in [0.1, 0.15) is 0 Å². The van der Waals surface area contributed by atoms with E-state index in [4.69, 9.17) is 0 Å². The van der Waals surface area contributed by atoms with E-state index in [-0.39, 0.29) is 11.4 Å². The molecule has 1 aliphatic rings. The monoisotopic (exact) mass is 323 g/mol. The molecule has 2 N–H and O–H groups in total. The zero-order valence-electron chi connectivity index (χ0n) is 11.2. The number of hydrogen-bond acceptors (Lipinski definition) is 5. The van der Waals surface area contributed by atoms with Crippen molar-refractivity contribution in [2.24, 2.45) is 0 Å². The van der Waals surface area contributed by atoms with Crippen LogP contribution in [0.25, 0.3) is 10.6 Å². The maximum absolute atomic E-state index is 12.0. The minimum Gasteiger partial charge on any atom is -0.343 e. The molecule has 0 saturated heterocycles. The number of aryl methyl sites for hydroxylation is 1. The SMILES string of the molecule is Cc1ccc(-c2cc(C(=O)NC3C=CS(=O)(=O)C3)n[nH]2)s1. The molecule has 1 unspecified atom stereocenters. The Labute approximate surface area is 125 Å². The number of H-pyrrole nitrogens is 1. The van der Waals surface area contributed by atoms with Crippen molar-refractivity contribution in [3.05, 3.63) is 40.3 Å². The Kier molecular flexibility index (Phi) is 3.42. The van der Waals surface area contributed by atoms with Crippen LogP contribution in [0.4, 0.5) is 0 Å². The van der Waals surface area contributed by atoms with E-state index < -0.39 is 21.8 Å². The Balaban J connectivity index is 1.72. The average Bonchev–Trinajstić information content (AvgIpc) is 3.09. The number of aromatic nitrogens is 2. The zero-order chi connectivity index (χ0) is 15.0. The predicted octanol–water partition coefficient (Wildman–Crippen LogP) is 1.49. The molecule has 1 amide bonds. The van der Waals surface area contributed by atoms with Crippen LogP contribution in [-0.4, -0.2) is 36.3 Å². The van der Waals surface area contributed by atoms with Gasteiger partial charge in [-0.05, 0) is 31.2 Å². The highest BCUT2D eigenvalue weighted by Crippen LogP contribution is 2.26. The number of thiophene rings is 1. The number of nitrogens with zero attached hydrogens (tertiary/aromatic N) is 1. The van der Waals surface area contributed by atoms with E-state index in [1.165, 1.54) is 11.0 Å². The van der Waals surface area contributed by atoms with Gasteiger partial charge in [-0.25, -0.2) is 8.42 Å². The molecule has 0 fully saturated rings. The van der Waals surface area contributed by atoms with Crippen LogP contribution in [-0.2, 0) is 9.84 Å². The van der Waals surface area contributed by atoms with Gasteiger partial charge >= 0.3 is 0 Å². The van der Waals surface area contributed by atoms with E-state index in [0.717, 1.165) is 16.0 Å². The lowest BCUT2D eigenvalue weighted by molar-refractivity contribution is 0.0942. The summed E-state index contributed by atoms with van der Waals surface area (Å²) in [5.41, 5.74) is 1.02. The van der Waals surface area contributed by atoms with Crippen molar-refractivity contribution in [3.8, 4) is 10.6 Å². The lowest BCUT2D eigenvalue weighted by Gasteiger charge is -2.07. The van der Waals surface area contributed by atoms with Gasteiger partial charge in [-0.3, -0.25) is 9.89 Å². The lowest BCUT2D eigenvalue weighted by atomic mass is 10.2. The largest absolute Gasteiger partial charge is 0.343 e. The Morgan fingerprint density at radius 3 is 2.90 bits per heavy atom. The number of nitrogens with one attached hydrogen (secondary N) is 2. The van der Waals surface area contributed by atoms with Crippen LogP contribution in [0.5, 0.6) is 0 Å². The summed E-state index contributed by atoms with van der Waals surface area (Å²) >= 11 is 1.61.